The first-order valence-corrected chi connectivity index (χ1v) is 12.0. The van der Waals surface area contributed by atoms with Gasteiger partial charge in [-0.1, -0.05) is 25.6 Å². The van der Waals surface area contributed by atoms with Crippen molar-refractivity contribution in [3.05, 3.63) is 42.7 Å². The third kappa shape index (κ3) is 5.54. The van der Waals surface area contributed by atoms with Crippen LogP contribution in [0.5, 0.6) is 0 Å². The molecule has 1 aromatic carbocycles. The number of benzene rings is 1. The number of aromatic nitrogens is 3. The number of anilines is 1. The largest absolute Gasteiger partial charge is 0.461 e. The van der Waals surface area contributed by atoms with E-state index in [1.165, 1.54) is 38.0 Å². The van der Waals surface area contributed by atoms with Crippen LogP contribution in [0.15, 0.2) is 57.1 Å². The fraction of sp³-hybridized carbons (Fsp3) is 0.350. The number of furan rings is 1. The van der Waals surface area contributed by atoms with Crippen molar-refractivity contribution < 1.29 is 17.6 Å². The molecule has 0 aliphatic heterocycles. The smallest absolute Gasteiger partial charge is 0.242 e. The van der Waals surface area contributed by atoms with E-state index < -0.39 is 10.0 Å². The highest BCUT2D eigenvalue weighted by Crippen LogP contribution is 2.26. The molecule has 0 bridgehead atoms. The molecule has 0 unspecified atom stereocenters. The van der Waals surface area contributed by atoms with Crippen LogP contribution in [0.3, 0.4) is 0 Å². The number of thioether (sulfide) groups is 1. The van der Waals surface area contributed by atoms with Crippen LogP contribution in [0, 0.1) is 5.92 Å². The minimum Gasteiger partial charge on any atom is -0.461 e. The molecular weight excluding hydrogens is 438 g/mol. The lowest BCUT2D eigenvalue weighted by molar-refractivity contribution is -0.113. The molecule has 2 heterocycles. The molecule has 0 spiro atoms. The number of carbonyl (C=O) groups excluding carboxylic acids is 1. The van der Waals surface area contributed by atoms with E-state index in [0.717, 1.165) is 4.31 Å². The molecule has 0 aliphatic carbocycles. The van der Waals surface area contributed by atoms with E-state index in [4.69, 9.17) is 4.42 Å². The first-order valence-electron chi connectivity index (χ1n) is 9.61. The van der Waals surface area contributed by atoms with E-state index in [-0.39, 0.29) is 16.6 Å². The highest BCUT2D eigenvalue weighted by Gasteiger charge is 2.19. The number of carbonyl (C=O) groups is 1. The van der Waals surface area contributed by atoms with Gasteiger partial charge in [0.25, 0.3) is 0 Å². The molecule has 1 amide bonds. The van der Waals surface area contributed by atoms with Crippen LogP contribution in [-0.2, 0) is 21.4 Å². The molecule has 2 aromatic heterocycles. The molecule has 0 saturated heterocycles. The molecule has 0 aliphatic rings. The summed E-state index contributed by atoms with van der Waals surface area (Å²) in [4.78, 5) is 12.6. The monoisotopic (exact) mass is 463 g/mol. The molecule has 0 fully saturated rings. The molecule has 9 nitrogen and oxygen atoms in total. The fourth-order valence-electron chi connectivity index (χ4n) is 2.76. The second-order valence-corrected chi connectivity index (χ2v) is 10.5. The maximum Gasteiger partial charge on any atom is 0.242 e. The normalized spacial score (nSPS) is 11.9. The summed E-state index contributed by atoms with van der Waals surface area (Å²) in [6, 6.07) is 9.67. The van der Waals surface area contributed by atoms with Crippen LogP contribution < -0.4 is 5.32 Å². The van der Waals surface area contributed by atoms with Crippen molar-refractivity contribution in [1.29, 1.82) is 0 Å². The number of hydrogen-bond acceptors (Lipinski definition) is 7. The zero-order valence-corrected chi connectivity index (χ0v) is 19.4. The van der Waals surface area contributed by atoms with Gasteiger partial charge in [0, 0.05) is 26.3 Å². The third-order valence-corrected chi connectivity index (χ3v) is 7.05. The Balaban J connectivity index is 1.66. The third-order valence-electron chi connectivity index (χ3n) is 4.26. The Bertz CT molecular complexity index is 1120. The fourth-order valence-corrected chi connectivity index (χ4v) is 4.41. The Hall–Kier alpha value is -2.63. The first kappa shape index (κ1) is 23.0. The number of rotatable bonds is 9. The van der Waals surface area contributed by atoms with Crippen LogP contribution in [0.2, 0.25) is 0 Å². The Morgan fingerprint density at radius 2 is 1.90 bits per heavy atom. The van der Waals surface area contributed by atoms with Gasteiger partial charge in [0.1, 0.15) is 0 Å². The van der Waals surface area contributed by atoms with Crippen molar-refractivity contribution in [3.8, 4) is 11.6 Å². The summed E-state index contributed by atoms with van der Waals surface area (Å²) >= 11 is 1.28. The summed E-state index contributed by atoms with van der Waals surface area (Å²) in [5.74, 6) is 1.50. The topological polar surface area (TPSA) is 110 Å². The number of sulfonamides is 1. The zero-order valence-electron chi connectivity index (χ0n) is 17.8. The Labute approximate surface area is 185 Å². The van der Waals surface area contributed by atoms with Crippen molar-refractivity contribution in [2.75, 3.05) is 25.2 Å². The maximum absolute atomic E-state index is 12.4. The van der Waals surface area contributed by atoms with E-state index in [1.807, 2.05) is 10.6 Å². The van der Waals surface area contributed by atoms with Crippen molar-refractivity contribution in [2.45, 2.75) is 30.4 Å². The molecule has 3 aromatic rings. The van der Waals surface area contributed by atoms with Gasteiger partial charge in [0.2, 0.25) is 15.9 Å². The summed E-state index contributed by atoms with van der Waals surface area (Å²) in [6.45, 7) is 4.87. The van der Waals surface area contributed by atoms with Crippen LogP contribution in [0.25, 0.3) is 11.6 Å². The van der Waals surface area contributed by atoms with Crippen LogP contribution >= 0.6 is 11.8 Å². The minimum atomic E-state index is -3.51. The van der Waals surface area contributed by atoms with Crippen molar-refractivity contribution in [1.82, 2.24) is 19.1 Å². The van der Waals surface area contributed by atoms with Gasteiger partial charge in [-0.25, -0.2) is 12.7 Å². The second kappa shape index (κ2) is 9.67. The summed E-state index contributed by atoms with van der Waals surface area (Å²) in [6.07, 6.45) is 1.58. The second-order valence-electron chi connectivity index (χ2n) is 7.44. The van der Waals surface area contributed by atoms with Crippen LogP contribution in [-0.4, -0.2) is 53.2 Å². The predicted octanol–water partition coefficient (Wildman–Crippen LogP) is 3.18. The zero-order chi connectivity index (χ0) is 22.6. The van der Waals surface area contributed by atoms with Crippen molar-refractivity contribution in [3.63, 3.8) is 0 Å². The van der Waals surface area contributed by atoms with Crippen molar-refractivity contribution in [2.24, 2.45) is 5.92 Å². The lowest BCUT2D eigenvalue weighted by Crippen LogP contribution is -2.22. The van der Waals surface area contributed by atoms with Gasteiger partial charge >= 0.3 is 0 Å². The highest BCUT2D eigenvalue weighted by atomic mass is 32.2. The van der Waals surface area contributed by atoms with Crippen LogP contribution in [0.4, 0.5) is 5.69 Å². The van der Waals surface area contributed by atoms with Crippen molar-refractivity contribution >= 4 is 33.4 Å². The van der Waals surface area contributed by atoms with Gasteiger partial charge in [-0.15, -0.1) is 10.2 Å². The molecule has 0 saturated carbocycles. The number of hydrogen-bond donors (Lipinski definition) is 1. The minimum absolute atomic E-state index is 0.131. The Kier molecular flexibility index (Phi) is 7.19. The van der Waals surface area contributed by atoms with Gasteiger partial charge in [-0.2, -0.15) is 0 Å². The average Bonchev–Trinajstić information content (AvgIpc) is 3.36. The average molecular weight is 464 g/mol. The van der Waals surface area contributed by atoms with Gasteiger partial charge in [-0.3, -0.25) is 9.36 Å². The summed E-state index contributed by atoms with van der Waals surface area (Å²) in [7, 11) is -0.569. The van der Waals surface area contributed by atoms with E-state index >= 15 is 0 Å². The quantitative estimate of drug-likeness (QED) is 0.485. The molecule has 1 N–H and O–H groups in total. The Morgan fingerprint density at radius 1 is 1.19 bits per heavy atom. The molecular formula is C20H25N5O4S2. The van der Waals surface area contributed by atoms with E-state index in [9.17, 15) is 13.2 Å². The number of nitrogens with zero attached hydrogens (tertiary/aromatic N) is 4. The van der Waals surface area contributed by atoms with Gasteiger partial charge in [-0.05, 0) is 42.3 Å². The molecule has 31 heavy (non-hydrogen) atoms. The van der Waals surface area contributed by atoms with Crippen LogP contribution in [0.1, 0.15) is 13.8 Å². The van der Waals surface area contributed by atoms with E-state index in [0.29, 0.717) is 34.9 Å². The number of amides is 1. The Morgan fingerprint density at radius 3 is 2.48 bits per heavy atom. The standard InChI is InChI=1S/C20H25N5O4S2/c1-14(2)12-25-19(17-6-5-11-29-17)22-23-20(25)30-13-18(26)21-15-7-9-16(10-8-15)31(27,28)24(3)4/h5-11,14H,12-13H2,1-4H3,(H,21,26). The predicted molar refractivity (Wildman–Crippen MR) is 119 cm³/mol. The SMILES string of the molecule is CC(C)Cn1c(SCC(=O)Nc2ccc(S(=O)(=O)N(C)C)cc2)nnc1-c1ccco1. The molecule has 0 atom stereocenters. The lowest BCUT2D eigenvalue weighted by Gasteiger charge is -2.12. The molecule has 3 rings (SSSR count). The molecule has 0 radical (unpaired) electrons. The number of nitrogens with one attached hydrogen (secondary N) is 1. The van der Waals surface area contributed by atoms with Gasteiger partial charge in [0.05, 0.1) is 16.9 Å². The molecule has 11 heteroatoms. The van der Waals surface area contributed by atoms with Gasteiger partial charge < -0.3 is 9.73 Å². The van der Waals surface area contributed by atoms with E-state index in [2.05, 4.69) is 29.4 Å². The first-order chi connectivity index (χ1) is 14.7. The summed E-state index contributed by atoms with van der Waals surface area (Å²) in [5, 5.41) is 11.8. The van der Waals surface area contributed by atoms with E-state index in [1.54, 1.807) is 24.5 Å². The summed E-state index contributed by atoms with van der Waals surface area (Å²) in [5.41, 5.74) is 0.517. The summed E-state index contributed by atoms with van der Waals surface area (Å²) < 4.78 is 32.8. The molecule has 166 valence electrons. The van der Waals surface area contributed by atoms with Gasteiger partial charge in [0.15, 0.2) is 16.7 Å². The lowest BCUT2D eigenvalue weighted by atomic mass is 10.2. The highest BCUT2D eigenvalue weighted by molar-refractivity contribution is 7.99. The maximum atomic E-state index is 12.4.